The first-order valence-corrected chi connectivity index (χ1v) is 4.12. The first kappa shape index (κ1) is 9.96. The Hall–Kier alpha value is -0.0400. The van der Waals surface area contributed by atoms with E-state index in [9.17, 15) is 0 Å². The SMILES string of the molecule is CC[CH]OC(C)(C)CCC. The summed E-state index contributed by atoms with van der Waals surface area (Å²) in [4.78, 5) is 0. The van der Waals surface area contributed by atoms with Gasteiger partial charge in [0.25, 0.3) is 0 Å². The van der Waals surface area contributed by atoms with Crippen LogP contribution in [0, 0.1) is 6.61 Å². The topological polar surface area (TPSA) is 9.23 Å². The van der Waals surface area contributed by atoms with E-state index in [2.05, 4.69) is 27.7 Å². The van der Waals surface area contributed by atoms with Crippen molar-refractivity contribution in [2.24, 2.45) is 0 Å². The molecule has 0 unspecified atom stereocenters. The molecule has 0 bridgehead atoms. The average Bonchev–Trinajstić information content (AvgIpc) is 1.84. The zero-order valence-corrected chi connectivity index (χ0v) is 7.61. The molecule has 0 aliphatic heterocycles. The van der Waals surface area contributed by atoms with Gasteiger partial charge in [0.05, 0.1) is 12.2 Å². The van der Waals surface area contributed by atoms with Crippen LogP contribution in [0.15, 0.2) is 0 Å². The molecule has 0 atom stereocenters. The molecule has 0 amide bonds. The summed E-state index contributed by atoms with van der Waals surface area (Å²) in [6.07, 6.45) is 3.31. The minimum Gasteiger partial charge on any atom is -0.370 e. The monoisotopic (exact) mass is 143 g/mol. The third-order valence-electron chi connectivity index (χ3n) is 1.42. The standard InChI is InChI=1S/C9H19O/c1-5-7-9(3,4)10-8-6-2/h8H,5-7H2,1-4H3. The molecular weight excluding hydrogens is 124 g/mol. The molecule has 61 valence electrons. The molecule has 0 aliphatic carbocycles. The summed E-state index contributed by atoms with van der Waals surface area (Å²) in [5.74, 6) is 0. The Bertz CT molecular complexity index is 76.8. The number of hydrogen-bond donors (Lipinski definition) is 0. The summed E-state index contributed by atoms with van der Waals surface area (Å²) >= 11 is 0. The Balaban J connectivity index is 3.42. The van der Waals surface area contributed by atoms with Gasteiger partial charge >= 0.3 is 0 Å². The van der Waals surface area contributed by atoms with Gasteiger partial charge in [-0.1, -0.05) is 20.3 Å². The zero-order valence-electron chi connectivity index (χ0n) is 7.61. The molecule has 0 saturated carbocycles. The Morgan fingerprint density at radius 3 is 2.30 bits per heavy atom. The van der Waals surface area contributed by atoms with Crippen molar-refractivity contribution in [2.75, 3.05) is 0 Å². The van der Waals surface area contributed by atoms with E-state index in [0.29, 0.717) is 0 Å². The van der Waals surface area contributed by atoms with E-state index in [-0.39, 0.29) is 5.60 Å². The maximum atomic E-state index is 5.49. The highest BCUT2D eigenvalue weighted by Gasteiger charge is 2.15. The molecule has 0 rings (SSSR count). The second-order valence-electron chi connectivity index (χ2n) is 3.20. The van der Waals surface area contributed by atoms with Crippen molar-refractivity contribution in [3.05, 3.63) is 6.61 Å². The van der Waals surface area contributed by atoms with Gasteiger partial charge in [0.1, 0.15) is 0 Å². The van der Waals surface area contributed by atoms with Gasteiger partial charge in [-0.15, -0.1) is 0 Å². The second kappa shape index (κ2) is 4.73. The Kier molecular flexibility index (Phi) is 4.71. The largest absolute Gasteiger partial charge is 0.370 e. The molecule has 10 heavy (non-hydrogen) atoms. The van der Waals surface area contributed by atoms with E-state index >= 15 is 0 Å². The van der Waals surface area contributed by atoms with Gasteiger partial charge in [-0.05, 0) is 26.7 Å². The fraction of sp³-hybridized carbons (Fsp3) is 0.889. The molecule has 0 aromatic rings. The lowest BCUT2D eigenvalue weighted by Crippen LogP contribution is -2.22. The molecule has 0 aromatic carbocycles. The van der Waals surface area contributed by atoms with E-state index in [0.717, 1.165) is 12.8 Å². The average molecular weight is 143 g/mol. The van der Waals surface area contributed by atoms with Crippen LogP contribution in [0.4, 0.5) is 0 Å². The third kappa shape index (κ3) is 4.80. The van der Waals surface area contributed by atoms with Gasteiger partial charge in [-0.2, -0.15) is 0 Å². The van der Waals surface area contributed by atoms with Gasteiger partial charge in [-0.3, -0.25) is 0 Å². The first-order chi connectivity index (χ1) is 4.62. The van der Waals surface area contributed by atoms with Gasteiger partial charge < -0.3 is 4.74 Å². The first-order valence-electron chi connectivity index (χ1n) is 4.12. The van der Waals surface area contributed by atoms with Crippen LogP contribution in [0.2, 0.25) is 0 Å². The van der Waals surface area contributed by atoms with Crippen LogP contribution in [0.1, 0.15) is 47.0 Å². The lowest BCUT2D eigenvalue weighted by atomic mass is 10.0. The van der Waals surface area contributed by atoms with Crippen LogP contribution in [0.3, 0.4) is 0 Å². The Labute approximate surface area is 64.8 Å². The molecule has 0 saturated heterocycles. The van der Waals surface area contributed by atoms with Crippen molar-refractivity contribution in [3.8, 4) is 0 Å². The van der Waals surface area contributed by atoms with Crippen LogP contribution in [-0.4, -0.2) is 5.60 Å². The number of rotatable bonds is 5. The summed E-state index contributed by atoms with van der Waals surface area (Å²) in [6.45, 7) is 10.4. The Morgan fingerprint density at radius 2 is 1.90 bits per heavy atom. The maximum Gasteiger partial charge on any atom is 0.0841 e. The van der Waals surface area contributed by atoms with Crippen molar-refractivity contribution in [1.29, 1.82) is 0 Å². The lowest BCUT2D eigenvalue weighted by molar-refractivity contribution is 0.0158. The van der Waals surface area contributed by atoms with Crippen molar-refractivity contribution < 1.29 is 4.74 Å². The highest BCUT2D eigenvalue weighted by atomic mass is 16.5. The van der Waals surface area contributed by atoms with E-state index < -0.39 is 0 Å². The third-order valence-corrected chi connectivity index (χ3v) is 1.42. The number of ether oxygens (including phenoxy) is 1. The summed E-state index contributed by atoms with van der Waals surface area (Å²) in [5, 5.41) is 0. The molecule has 0 aromatic heterocycles. The lowest BCUT2D eigenvalue weighted by Gasteiger charge is -2.23. The Morgan fingerprint density at radius 1 is 1.30 bits per heavy atom. The van der Waals surface area contributed by atoms with Crippen molar-refractivity contribution in [2.45, 2.75) is 52.6 Å². The number of hydrogen-bond acceptors (Lipinski definition) is 1. The quantitative estimate of drug-likeness (QED) is 0.574. The summed E-state index contributed by atoms with van der Waals surface area (Å²) in [7, 11) is 0. The fourth-order valence-electron chi connectivity index (χ4n) is 0.970. The minimum atomic E-state index is 0.0464. The molecule has 0 N–H and O–H groups in total. The predicted molar refractivity (Wildman–Crippen MR) is 44.7 cm³/mol. The zero-order chi connectivity index (χ0) is 8.04. The van der Waals surface area contributed by atoms with Gasteiger partial charge in [0.15, 0.2) is 0 Å². The second-order valence-corrected chi connectivity index (χ2v) is 3.20. The van der Waals surface area contributed by atoms with E-state index in [1.807, 2.05) is 6.61 Å². The van der Waals surface area contributed by atoms with Crippen LogP contribution >= 0.6 is 0 Å². The highest BCUT2D eigenvalue weighted by Crippen LogP contribution is 2.17. The van der Waals surface area contributed by atoms with Crippen LogP contribution < -0.4 is 0 Å². The summed E-state index contributed by atoms with van der Waals surface area (Å²) in [6, 6.07) is 0. The van der Waals surface area contributed by atoms with Gasteiger partial charge in [-0.25, -0.2) is 0 Å². The van der Waals surface area contributed by atoms with Crippen LogP contribution in [0.25, 0.3) is 0 Å². The predicted octanol–water partition coefficient (Wildman–Crippen LogP) is 3.15. The van der Waals surface area contributed by atoms with Crippen molar-refractivity contribution in [1.82, 2.24) is 0 Å². The molecule has 0 heterocycles. The smallest absolute Gasteiger partial charge is 0.0841 e. The fourth-order valence-corrected chi connectivity index (χ4v) is 0.970. The van der Waals surface area contributed by atoms with Gasteiger partial charge in [0.2, 0.25) is 0 Å². The summed E-state index contributed by atoms with van der Waals surface area (Å²) < 4.78 is 5.49. The van der Waals surface area contributed by atoms with Crippen molar-refractivity contribution >= 4 is 0 Å². The molecule has 0 fully saturated rings. The van der Waals surface area contributed by atoms with Gasteiger partial charge in [0, 0.05) is 0 Å². The summed E-state index contributed by atoms with van der Waals surface area (Å²) in [5.41, 5.74) is 0.0464. The van der Waals surface area contributed by atoms with Crippen LogP contribution in [0.5, 0.6) is 0 Å². The van der Waals surface area contributed by atoms with E-state index in [1.54, 1.807) is 0 Å². The van der Waals surface area contributed by atoms with Crippen molar-refractivity contribution in [3.63, 3.8) is 0 Å². The molecule has 1 heteroatoms. The molecule has 0 spiro atoms. The highest BCUT2D eigenvalue weighted by molar-refractivity contribution is 4.69. The van der Waals surface area contributed by atoms with Crippen LogP contribution in [-0.2, 0) is 4.74 Å². The molecular formula is C9H19O. The molecule has 1 radical (unpaired) electrons. The van der Waals surface area contributed by atoms with E-state index in [1.165, 1.54) is 6.42 Å². The maximum absolute atomic E-state index is 5.49. The van der Waals surface area contributed by atoms with E-state index in [4.69, 9.17) is 4.74 Å². The normalized spacial score (nSPS) is 12.0. The minimum absolute atomic E-state index is 0.0464. The molecule has 1 nitrogen and oxygen atoms in total. The molecule has 0 aliphatic rings.